The van der Waals surface area contributed by atoms with Gasteiger partial charge in [-0.25, -0.2) is 0 Å². The van der Waals surface area contributed by atoms with Crippen LogP contribution in [0.4, 0.5) is 51.2 Å². The number of para-hydroxylation sites is 4. The molecule has 0 atom stereocenters. The van der Waals surface area contributed by atoms with Crippen molar-refractivity contribution < 1.29 is 4.79 Å². The lowest BCUT2D eigenvalue weighted by atomic mass is 10.1. The zero-order chi connectivity index (χ0) is 33.4. The minimum absolute atomic E-state index is 0.0681. The number of thioether (sulfide) groups is 1. The zero-order valence-corrected chi connectivity index (χ0v) is 27.9. The molecule has 238 valence electrons. The lowest BCUT2D eigenvalue weighted by Gasteiger charge is -2.29. The van der Waals surface area contributed by atoms with Crippen LogP contribution in [0.5, 0.6) is 0 Å². The third-order valence-electron chi connectivity index (χ3n) is 8.15. The molecular weight excluding hydrogens is 619 g/mol. The van der Waals surface area contributed by atoms with Crippen molar-refractivity contribution in [1.82, 2.24) is 0 Å². The number of nitrogens with zero attached hydrogens (tertiary/aromatic N) is 3. The number of carbonyl (C=O) groups excluding carboxylic acids is 1. The summed E-state index contributed by atoms with van der Waals surface area (Å²) in [6, 6.07) is 67.2. The van der Waals surface area contributed by atoms with Gasteiger partial charge in [0.2, 0.25) is 0 Å². The van der Waals surface area contributed by atoms with E-state index in [9.17, 15) is 4.79 Å². The van der Waals surface area contributed by atoms with Gasteiger partial charge in [-0.15, -0.1) is 0 Å². The van der Waals surface area contributed by atoms with Crippen molar-refractivity contribution in [2.75, 3.05) is 14.7 Å². The SMILES string of the molecule is CC(=O)Sc1ccc(N(c2ccc(N(c3ccccc3)c3ccccc3)cc2)c2ccc(N(c3ccccc3)c3ccccc3)cc2)cc1. The van der Waals surface area contributed by atoms with E-state index in [2.05, 4.69) is 172 Å². The highest BCUT2D eigenvalue weighted by atomic mass is 32.2. The Morgan fingerprint density at radius 3 is 0.755 bits per heavy atom. The van der Waals surface area contributed by atoms with E-state index >= 15 is 0 Å². The number of carbonyl (C=O) groups is 1. The Labute approximate surface area is 292 Å². The minimum Gasteiger partial charge on any atom is -0.311 e. The van der Waals surface area contributed by atoms with Gasteiger partial charge in [-0.3, -0.25) is 4.79 Å². The molecule has 0 amide bonds. The highest BCUT2D eigenvalue weighted by molar-refractivity contribution is 8.13. The fourth-order valence-corrected chi connectivity index (χ4v) is 6.58. The third kappa shape index (κ3) is 7.28. The molecule has 0 aliphatic rings. The first-order valence-corrected chi connectivity index (χ1v) is 17.0. The molecule has 0 aliphatic heterocycles. The van der Waals surface area contributed by atoms with Crippen LogP contribution < -0.4 is 14.7 Å². The second-order valence-corrected chi connectivity index (χ2v) is 12.7. The Kier molecular flexibility index (Phi) is 9.53. The van der Waals surface area contributed by atoms with Crippen LogP contribution in [0.3, 0.4) is 0 Å². The second-order valence-electron chi connectivity index (χ2n) is 11.5. The van der Waals surface area contributed by atoms with Gasteiger partial charge in [-0.05, 0) is 121 Å². The molecule has 49 heavy (non-hydrogen) atoms. The average molecular weight is 654 g/mol. The van der Waals surface area contributed by atoms with Crippen molar-refractivity contribution in [3.8, 4) is 0 Å². The molecular formula is C44H35N3OS. The van der Waals surface area contributed by atoms with Gasteiger partial charge in [0.1, 0.15) is 0 Å². The summed E-state index contributed by atoms with van der Waals surface area (Å²) in [7, 11) is 0. The molecule has 0 N–H and O–H groups in total. The maximum absolute atomic E-state index is 11.8. The Balaban J connectivity index is 1.28. The summed E-state index contributed by atoms with van der Waals surface area (Å²) in [5, 5.41) is 0.0681. The van der Waals surface area contributed by atoms with Gasteiger partial charge in [0.15, 0.2) is 5.12 Å². The quantitative estimate of drug-likeness (QED) is 0.137. The molecule has 0 aliphatic carbocycles. The minimum atomic E-state index is 0.0681. The van der Waals surface area contributed by atoms with Crippen LogP contribution in [0, 0.1) is 0 Å². The van der Waals surface area contributed by atoms with Crippen LogP contribution in [0.15, 0.2) is 199 Å². The van der Waals surface area contributed by atoms with E-state index in [-0.39, 0.29) is 5.12 Å². The fraction of sp³-hybridized carbons (Fsp3) is 0.0227. The van der Waals surface area contributed by atoms with Gasteiger partial charge in [0, 0.05) is 63.0 Å². The number of hydrogen-bond donors (Lipinski definition) is 0. The molecule has 0 heterocycles. The molecule has 7 aromatic rings. The van der Waals surface area contributed by atoms with Crippen molar-refractivity contribution >= 4 is 68.1 Å². The Morgan fingerprint density at radius 2 is 0.531 bits per heavy atom. The third-order valence-corrected chi connectivity index (χ3v) is 8.94. The Hall–Kier alpha value is -6.04. The molecule has 0 bridgehead atoms. The molecule has 0 spiro atoms. The molecule has 0 saturated heterocycles. The lowest BCUT2D eigenvalue weighted by molar-refractivity contribution is -0.109. The summed E-state index contributed by atoms with van der Waals surface area (Å²) in [5.74, 6) is 0. The number of benzene rings is 7. The largest absolute Gasteiger partial charge is 0.311 e. The van der Waals surface area contributed by atoms with Crippen molar-refractivity contribution in [1.29, 1.82) is 0 Å². The van der Waals surface area contributed by atoms with Crippen LogP contribution in [0.25, 0.3) is 0 Å². The second kappa shape index (κ2) is 14.8. The van der Waals surface area contributed by atoms with Crippen LogP contribution in [-0.2, 0) is 4.79 Å². The smallest absolute Gasteiger partial charge is 0.190 e. The summed E-state index contributed by atoms with van der Waals surface area (Å²) < 4.78 is 0. The summed E-state index contributed by atoms with van der Waals surface area (Å²) in [4.78, 5) is 19.5. The average Bonchev–Trinajstić information content (AvgIpc) is 3.15. The van der Waals surface area contributed by atoms with E-state index in [4.69, 9.17) is 0 Å². The van der Waals surface area contributed by atoms with Gasteiger partial charge >= 0.3 is 0 Å². The van der Waals surface area contributed by atoms with E-state index in [1.54, 1.807) is 6.92 Å². The summed E-state index contributed by atoms with van der Waals surface area (Å²) in [6.07, 6.45) is 0. The highest BCUT2D eigenvalue weighted by Crippen LogP contribution is 2.41. The molecule has 4 nitrogen and oxygen atoms in total. The molecule has 7 aromatic carbocycles. The molecule has 0 fully saturated rings. The Bertz CT molecular complexity index is 1880. The van der Waals surface area contributed by atoms with E-state index in [1.807, 2.05) is 36.4 Å². The predicted molar refractivity (Wildman–Crippen MR) is 207 cm³/mol. The molecule has 0 unspecified atom stereocenters. The standard InChI is InChI=1S/C44H35N3OS/c1-34(48)49-44-32-30-43(31-33-44)47(41-26-22-39(23-27-41)45(35-14-6-2-7-15-35)36-16-8-3-9-17-36)42-28-24-40(25-29-42)46(37-18-10-4-11-19-37)38-20-12-5-13-21-38/h2-33H,1H3. The summed E-state index contributed by atoms with van der Waals surface area (Å²) in [6.45, 7) is 1.59. The predicted octanol–water partition coefficient (Wildman–Crippen LogP) is 12.7. The van der Waals surface area contributed by atoms with Crippen LogP contribution >= 0.6 is 11.8 Å². The van der Waals surface area contributed by atoms with Crippen molar-refractivity contribution in [3.63, 3.8) is 0 Å². The molecule has 0 radical (unpaired) electrons. The monoisotopic (exact) mass is 653 g/mol. The number of rotatable bonds is 10. The van der Waals surface area contributed by atoms with Crippen molar-refractivity contribution in [3.05, 3.63) is 194 Å². The van der Waals surface area contributed by atoms with E-state index in [0.29, 0.717) is 0 Å². The van der Waals surface area contributed by atoms with Gasteiger partial charge in [0.05, 0.1) is 0 Å². The normalized spacial score (nSPS) is 10.7. The topological polar surface area (TPSA) is 26.8 Å². The molecule has 0 aromatic heterocycles. The van der Waals surface area contributed by atoms with Crippen LogP contribution in [0.2, 0.25) is 0 Å². The molecule has 0 saturated carbocycles. The maximum atomic E-state index is 11.8. The van der Waals surface area contributed by atoms with E-state index in [1.165, 1.54) is 11.8 Å². The maximum Gasteiger partial charge on any atom is 0.190 e. The first kappa shape index (κ1) is 31.6. The first-order chi connectivity index (χ1) is 24.1. The summed E-state index contributed by atoms with van der Waals surface area (Å²) in [5.41, 5.74) is 9.53. The fourth-order valence-electron chi connectivity index (χ4n) is 5.98. The Morgan fingerprint density at radius 1 is 0.327 bits per heavy atom. The highest BCUT2D eigenvalue weighted by Gasteiger charge is 2.18. The number of anilines is 9. The van der Waals surface area contributed by atoms with Crippen LogP contribution in [0.1, 0.15) is 6.92 Å². The summed E-state index contributed by atoms with van der Waals surface area (Å²) >= 11 is 1.24. The van der Waals surface area contributed by atoms with Crippen molar-refractivity contribution in [2.45, 2.75) is 11.8 Å². The lowest BCUT2D eigenvalue weighted by Crippen LogP contribution is -2.13. The molecule has 5 heteroatoms. The van der Waals surface area contributed by atoms with E-state index < -0.39 is 0 Å². The zero-order valence-electron chi connectivity index (χ0n) is 27.1. The van der Waals surface area contributed by atoms with Crippen molar-refractivity contribution in [2.24, 2.45) is 0 Å². The first-order valence-electron chi connectivity index (χ1n) is 16.2. The van der Waals surface area contributed by atoms with Crippen LogP contribution in [-0.4, -0.2) is 5.12 Å². The number of hydrogen-bond acceptors (Lipinski definition) is 5. The van der Waals surface area contributed by atoms with Gasteiger partial charge < -0.3 is 14.7 Å². The van der Waals surface area contributed by atoms with Gasteiger partial charge in [-0.1, -0.05) is 84.6 Å². The van der Waals surface area contributed by atoms with Gasteiger partial charge in [-0.2, -0.15) is 0 Å². The van der Waals surface area contributed by atoms with Gasteiger partial charge in [0.25, 0.3) is 0 Å². The van der Waals surface area contributed by atoms with E-state index in [0.717, 1.165) is 56.1 Å². The molecule has 7 rings (SSSR count).